The lowest BCUT2D eigenvalue weighted by Gasteiger charge is -2.12. The molecular weight excluding hydrogens is 350 g/mol. The highest BCUT2D eigenvalue weighted by Gasteiger charge is 2.17. The normalized spacial score (nSPS) is 10.1. The maximum Gasteiger partial charge on any atom is 0.204 e. The minimum atomic E-state index is -0.218. The van der Waals surface area contributed by atoms with E-state index in [-0.39, 0.29) is 12.4 Å². The Bertz CT molecular complexity index is 688. The van der Waals surface area contributed by atoms with Gasteiger partial charge in [-0.25, -0.2) is 0 Å². The van der Waals surface area contributed by atoms with Gasteiger partial charge in [0.25, 0.3) is 0 Å². The first-order chi connectivity index (χ1) is 10.5. The molecule has 2 N–H and O–H groups in total. The van der Waals surface area contributed by atoms with Crippen molar-refractivity contribution in [2.24, 2.45) is 0 Å². The molecule has 0 saturated heterocycles. The minimum absolute atomic E-state index is 0.120. The van der Waals surface area contributed by atoms with Crippen molar-refractivity contribution in [1.82, 2.24) is 0 Å². The molecule has 0 spiro atoms. The molecular formula is C16H16BrNO4. The minimum Gasteiger partial charge on any atom is -0.496 e. The lowest BCUT2D eigenvalue weighted by atomic mass is 10.1. The Hall–Kier alpha value is -2.21. The molecule has 0 atom stereocenters. The van der Waals surface area contributed by atoms with Gasteiger partial charge in [0.05, 0.1) is 24.3 Å². The van der Waals surface area contributed by atoms with Gasteiger partial charge in [-0.3, -0.25) is 4.79 Å². The van der Waals surface area contributed by atoms with Crippen LogP contribution in [0.2, 0.25) is 0 Å². The molecule has 0 unspecified atom stereocenters. The summed E-state index contributed by atoms with van der Waals surface area (Å²) in [6.45, 7) is -0.120. The molecule has 2 rings (SSSR count). The van der Waals surface area contributed by atoms with Crippen molar-refractivity contribution in [2.75, 3.05) is 26.6 Å². The Morgan fingerprint density at radius 2 is 1.86 bits per heavy atom. The number of Topliss-reactive ketones (excluding diaryl/α,β-unsaturated/α-hetero) is 1. The molecule has 0 aromatic heterocycles. The van der Waals surface area contributed by atoms with E-state index in [1.807, 2.05) is 0 Å². The van der Waals surface area contributed by atoms with E-state index in [4.69, 9.17) is 19.9 Å². The Morgan fingerprint density at radius 3 is 2.50 bits per heavy atom. The third kappa shape index (κ3) is 3.71. The quantitative estimate of drug-likeness (QED) is 0.627. The highest BCUT2D eigenvalue weighted by molar-refractivity contribution is 9.10. The third-order valence-electron chi connectivity index (χ3n) is 3.00. The monoisotopic (exact) mass is 365 g/mol. The van der Waals surface area contributed by atoms with Crippen molar-refractivity contribution in [2.45, 2.75) is 0 Å². The van der Waals surface area contributed by atoms with Crippen molar-refractivity contribution in [1.29, 1.82) is 0 Å². The molecule has 6 heteroatoms. The molecule has 0 bridgehead atoms. The number of ether oxygens (including phenoxy) is 3. The number of hydrogen-bond acceptors (Lipinski definition) is 5. The summed E-state index contributed by atoms with van der Waals surface area (Å²) in [4.78, 5) is 12.4. The zero-order valence-electron chi connectivity index (χ0n) is 12.3. The van der Waals surface area contributed by atoms with Gasteiger partial charge >= 0.3 is 0 Å². The fourth-order valence-electron chi connectivity index (χ4n) is 1.91. The van der Waals surface area contributed by atoms with Gasteiger partial charge in [0.2, 0.25) is 5.78 Å². The fraction of sp³-hybridized carbons (Fsp3) is 0.188. The second-order valence-corrected chi connectivity index (χ2v) is 5.33. The van der Waals surface area contributed by atoms with Gasteiger partial charge in [-0.15, -0.1) is 0 Å². The smallest absolute Gasteiger partial charge is 0.204 e. The van der Waals surface area contributed by atoms with E-state index in [1.165, 1.54) is 14.2 Å². The number of carbonyl (C=O) groups excluding carboxylic acids is 1. The standard InChI is InChI=1S/C16H16BrNO4/c1-20-15-8-13(17)16(21-2)7-12(15)14(19)9-22-11-5-3-4-10(18)6-11/h3-8H,9,18H2,1-2H3. The Kier molecular flexibility index (Phi) is 5.27. The summed E-state index contributed by atoms with van der Waals surface area (Å²) in [6, 6.07) is 10.2. The number of nitrogen functional groups attached to an aromatic ring is 1. The third-order valence-corrected chi connectivity index (χ3v) is 3.62. The van der Waals surface area contributed by atoms with Crippen LogP contribution >= 0.6 is 15.9 Å². The van der Waals surface area contributed by atoms with Gasteiger partial charge in [0.15, 0.2) is 6.61 Å². The first-order valence-electron chi connectivity index (χ1n) is 6.48. The average Bonchev–Trinajstić information content (AvgIpc) is 2.52. The predicted octanol–water partition coefficient (Wildman–Crippen LogP) is 3.31. The van der Waals surface area contributed by atoms with E-state index in [1.54, 1.807) is 36.4 Å². The van der Waals surface area contributed by atoms with Gasteiger partial charge in [-0.05, 0) is 40.2 Å². The van der Waals surface area contributed by atoms with E-state index >= 15 is 0 Å². The van der Waals surface area contributed by atoms with Gasteiger partial charge in [-0.2, -0.15) is 0 Å². The molecule has 0 saturated carbocycles. The SMILES string of the molecule is COc1cc(C(=O)COc2cccc(N)c2)c(OC)cc1Br. The number of carbonyl (C=O) groups is 1. The van der Waals surface area contributed by atoms with Crippen LogP contribution in [0.4, 0.5) is 5.69 Å². The zero-order chi connectivity index (χ0) is 16.1. The molecule has 0 radical (unpaired) electrons. The van der Waals surface area contributed by atoms with Gasteiger partial charge in [-0.1, -0.05) is 6.07 Å². The molecule has 0 aliphatic heterocycles. The van der Waals surface area contributed by atoms with E-state index in [0.29, 0.717) is 33.0 Å². The first kappa shape index (κ1) is 16.2. The lowest BCUT2D eigenvalue weighted by Crippen LogP contribution is -2.13. The van der Waals surface area contributed by atoms with Crippen LogP contribution in [-0.2, 0) is 0 Å². The van der Waals surface area contributed by atoms with Crippen LogP contribution in [0.1, 0.15) is 10.4 Å². The highest BCUT2D eigenvalue weighted by atomic mass is 79.9. The van der Waals surface area contributed by atoms with Gasteiger partial charge in [0.1, 0.15) is 17.2 Å². The van der Waals surface area contributed by atoms with E-state index in [9.17, 15) is 4.79 Å². The molecule has 0 amide bonds. The van der Waals surface area contributed by atoms with Crippen LogP contribution in [-0.4, -0.2) is 26.6 Å². The topological polar surface area (TPSA) is 70.8 Å². The lowest BCUT2D eigenvalue weighted by molar-refractivity contribution is 0.0918. The molecule has 0 fully saturated rings. The van der Waals surface area contributed by atoms with Crippen LogP contribution < -0.4 is 19.9 Å². The molecule has 0 aliphatic rings. The van der Waals surface area contributed by atoms with Crippen LogP contribution in [0.25, 0.3) is 0 Å². The molecule has 0 aliphatic carbocycles. The van der Waals surface area contributed by atoms with Crippen molar-refractivity contribution in [3.63, 3.8) is 0 Å². The first-order valence-corrected chi connectivity index (χ1v) is 7.27. The van der Waals surface area contributed by atoms with Crippen LogP contribution in [0, 0.1) is 0 Å². The number of rotatable bonds is 6. The molecule has 2 aromatic carbocycles. The Labute approximate surface area is 137 Å². The summed E-state index contributed by atoms with van der Waals surface area (Å²) in [5.41, 5.74) is 6.64. The van der Waals surface area contributed by atoms with Crippen molar-refractivity contribution in [3.05, 3.63) is 46.4 Å². The summed E-state index contributed by atoms with van der Waals surface area (Å²) >= 11 is 3.35. The van der Waals surface area contributed by atoms with Gasteiger partial charge < -0.3 is 19.9 Å². The van der Waals surface area contributed by atoms with Crippen LogP contribution in [0.5, 0.6) is 17.2 Å². The average molecular weight is 366 g/mol. The number of nitrogens with two attached hydrogens (primary N) is 1. The van der Waals surface area contributed by atoms with E-state index < -0.39 is 0 Å². The number of hydrogen-bond donors (Lipinski definition) is 1. The van der Waals surface area contributed by atoms with Crippen molar-refractivity contribution in [3.8, 4) is 17.2 Å². The fourth-order valence-corrected chi connectivity index (χ4v) is 2.39. The maximum atomic E-state index is 12.4. The summed E-state index contributed by atoms with van der Waals surface area (Å²) in [6.07, 6.45) is 0. The van der Waals surface area contributed by atoms with Crippen molar-refractivity contribution >= 4 is 27.4 Å². The number of ketones is 1. The number of benzene rings is 2. The maximum absolute atomic E-state index is 12.4. The Morgan fingerprint density at radius 1 is 1.14 bits per heavy atom. The zero-order valence-corrected chi connectivity index (χ0v) is 13.8. The largest absolute Gasteiger partial charge is 0.496 e. The molecule has 2 aromatic rings. The number of anilines is 1. The van der Waals surface area contributed by atoms with Crippen LogP contribution in [0.3, 0.4) is 0 Å². The predicted molar refractivity (Wildman–Crippen MR) is 87.9 cm³/mol. The molecule has 0 heterocycles. The van der Waals surface area contributed by atoms with E-state index in [0.717, 1.165) is 0 Å². The van der Waals surface area contributed by atoms with Crippen LogP contribution in [0.15, 0.2) is 40.9 Å². The molecule has 5 nitrogen and oxygen atoms in total. The van der Waals surface area contributed by atoms with Gasteiger partial charge in [0, 0.05) is 11.8 Å². The number of methoxy groups -OCH3 is 2. The van der Waals surface area contributed by atoms with E-state index in [2.05, 4.69) is 15.9 Å². The second-order valence-electron chi connectivity index (χ2n) is 4.47. The highest BCUT2D eigenvalue weighted by Crippen LogP contribution is 2.33. The Balaban J connectivity index is 2.18. The molecule has 22 heavy (non-hydrogen) atoms. The number of halogens is 1. The molecule has 116 valence electrons. The summed E-state index contributed by atoms with van der Waals surface area (Å²) in [5.74, 6) is 1.32. The van der Waals surface area contributed by atoms with Crippen molar-refractivity contribution < 1.29 is 19.0 Å². The summed E-state index contributed by atoms with van der Waals surface area (Å²) < 4.78 is 16.6. The summed E-state index contributed by atoms with van der Waals surface area (Å²) in [5, 5.41) is 0. The summed E-state index contributed by atoms with van der Waals surface area (Å²) in [7, 11) is 3.04. The second kappa shape index (κ2) is 7.17.